The summed E-state index contributed by atoms with van der Waals surface area (Å²) in [5, 5.41) is 9.27. The van der Waals surface area contributed by atoms with Crippen molar-refractivity contribution >= 4 is 28.6 Å². The van der Waals surface area contributed by atoms with E-state index < -0.39 is 5.97 Å². The van der Waals surface area contributed by atoms with Gasteiger partial charge in [0.2, 0.25) is 0 Å². The van der Waals surface area contributed by atoms with Crippen LogP contribution in [-0.2, 0) is 17.2 Å². The van der Waals surface area contributed by atoms with Gasteiger partial charge in [-0.15, -0.1) is 11.6 Å². The molecule has 2 heterocycles. The summed E-state index contributed by atoms with van der Waals surface area (Å²) < 4.78 is 12.9. The van der Waals surface area contributed by atoms with E-state index in [-0.39, 0.29) is 17.5 Å². The first-order valence-corrected chi connectivity index (χ1v) is 7.65. The molecule has 1 N–H and O–H groups in total. The Morgan fingerprint density at radius 1 is 1.59 bits per heavy atom. The van der Waals surface area contributed by atoms with Crippen molar-refractivity contribution in [1.29, 1.82) is 0 Å². The molecule has 1 aliphatic rings. The first kappa shape index (κ1) is 15.1. The average Bonchev–Trinajstić information content (AvgIpc) is 3.14. The predicted molar refractivity (Wildman–Crippen MR) is 81.8 cm³/mol. The van der Waals surface area contributed by atoms with Gasteiger partial charge in [0.1, 0.15) is 17.1 Å². The Morgan fingerprint density at radius 2 is 2.41 bits per heavy atom. The molecule has 0 aliphatic carbocycles. The zero-order valence-corrected chi connectivity index (χ0v) is 13.0. The number of aromatic carboxylic acids is 1. The third-order valence-corrected chi connectivity index (χ3v) is 4.13. The molecule has 6 nitrogen and oxygen atoms in total. The largest absolute Gasteiger partial charge is 0.494 e. The molecule has 0 saturated carbocycles. The van der Waals surface area contributed by atoms with Crippen LogP contribution in [0.5, 0.6) is 5.75 Å². The molecule has 1 aromatic heterocycles. The summed E-state index contributed by atoms with van der Waals surface area (Å²) in [6.07, 6.45) is 2.13. The lowest BCUT2D eigenvalue weighted by molar-refractivity contribution is 0.0696. The Hall–Kier alpha value is -1.79. The quantitative estimate of drug-likeness (QED) is 0.856. The van der Waals surface area contributed by atoms with Gasteiger partial charge in [-0.05, 0) is 25.0 Å². The summed E-state index contributed by atoms with van der Waals surface area (Å²) >= 11 is 6.01. The third kappa shape index (κ3) is 2.64. The zero-order valence-electron chi connectivity index (χ0n) is 12.2. The Bertz CT molecular complexity index is 707. The highest BCUT2D eigenvalue weighted by Crippen LogP contribution is 2.30. The van der Waals surface area contributed by atoms with Crippen LogP contribution < -0.4 is 4.74 Å². The highest BCUT2D eigenvalue weighted by Gasteiger charge is 2.22. The van der Waals surface area contributed by atoms with Gasteiger partial charge in [-0.1, -0.05) is 0 Å². The first-order chi connectivity index (χ1) is 10.6. The van der Waals surface area contributed by atoms with Gasteiger partial charge in [-0.3, -0.25) is 0 Å². The lowest BCUT2D eigenvalue weighted by Gasteiger charge is -2.13. The Labute approximate surface area is 132 Å². The number of ether oxygens (including phenoxy) is 2. The smallest absolute Gasteiger partial charge is 0.335 e. The maximum absolute atomic E-state index is 11.3. The third-order valence-electron chi connectivity index (χ3n) is 3.89. The number of methoxy groups -OCH3 is 1. The van der Waals surface area contributed by atoms with Crippen molar-refractivity contribution in [2.45, 2.75) is 31.4 Å². The number of hydrogen-bond donors (Lipinski definition) is 1. The van der Waals surface area contributed by atoms with Crippen LogP contribution in [0.25, 0.3) is 11.0 Å². The van der Waals surface area contributed by atoms with Crippen molar-refractivity contribution in [3.05, 3.63) is 23.5 Å². The monoisotopic (exact) mass is 324 g/mol. The minimum atomic E-state index is -1.00. The maximum Gasteiger partial charge on any atom is 0.335 e. The van der Waals surface area contributed by atoms with E-state index in [2.05, 4.69) is 4.98 Å². The van der Waals surface area contributed by atoms with Crippen LogP contribution in [0.2, 0.25) is 0 Å². The van der Waals surface area contributed by atoms with Gasteiger partial charge in [-0.25, -0.2) is 9.78 Å². The van der Waals surface area contributed by atoms with E-state index in [4.69, 9.17) is 21.1 Å². The molecule has 0 amide bonds. The minimum Gasteiger partial charge on any atom is -0.494 e. The molecule has 0 radical (unpaired) electrons. The lowest BCUT2D eigenvalue weighted by Crippen LogP contribution is -2.16. The van der Waals surface area contributed by atoms with Crippen LogP contribution in [0.3, 0.4) is 0 Å². The van der Waals surface area contributed by atoms with Gasteiger partial charge in [-0.2, -0.15) is 0 Å². The molecular formula is C15H17ClN2O4. The van der Waals surface area contributed by atoms with Crippen molar-refractivity contribution in [3.63, 3.8) is 0 Å². The van der Waals surface area contributed by atoms with E-state index in [1.54, 1.807) is 6.07 Å². The lowest BCUT2D eigenvalue weighted by atomic mass is 10.1. The summed E-state index contributed by atoms with van der Waals surface area (Å²) in [6.45, 7) is 1.38. The van der Waals surface area contributed by atoms with E-state index in [9.17, 15) is 9.90 Å². The molecule has 0 spiro atoms. The number of fused-ring (bicyclic) bond motifs is 1. The van der Waals surface area contributed by atoms with Crippen LogP contribution in [0, 0.1) is 0 Å². The highest BCUT2D eigenvalue weighted by atomic mass is 35.5. The number of carbonyl (C=O) groups is 1. The SMILES string of the molecule is COc1cc(C(=O)O)cc2c1nc(CCl)n2C[C@@H]1CCCO1. The van der Waals surface area contributed by atoms with Gasteiger partial charge in [0.15, 0.2) is 0 Å². The number of rotatable bonds is 5. The first-order valence-electron chi connectivity index (χ1n) is 7.12. The van der Waals surface area contributed by atoms with Gasteiger partial charge in [0.05, 0.1) is 36.7 Å². The molecule has 118 valence electrons. The minimum absolute atomic E-state index is 0.110. The molecule has 1 aliphatic heterocycles. The van der Waals surface area contributed by atoms with E-state index in [0.717, 1.165) is 19.4 Å². The Balaban J connectivity index is 2.14. The second-order valence-corrected chi connectivity index (χ2v) is 5.53. The fraction of sp³-hybridized carbons (Fsp3) is 0.467. The van der Waals surface area contributed by atoms with Gasteiger partial charge in [0.25, 0.3) is 0 Å². The number of benzene rings is 1. The van der Waals surface area contributed by atoms with E-state index >= 15 is 0 Å². The summed E-state index contributed by atoms with van der Waals surface area (Å²) in [6, 6.07) is 3.09. The standard InChI is InChI=1S/C15H17ClN2O4/c1-21-12-6-9(15(19)20)5-11-14(12)17-13(7-16)18(11)8-10-3-2-4-22-10/h5-6,10H,2-4,7-8H2,1H3,(H,19,20)/t10-/m0/s1. The number of carboxylic acids is 1. The molecule has 7 heteroatoms. The van der Waals surface area contributed by atoms with Crippen LogP contribution in [0.1, 0.15) is 29.0 Å². The Morgan fingerprint density at radius 3 is 3.00 bits per heavy atom. The van der Waals surface area contributed by atoms with Crippen LogP contribution in [0.4, 0.5) is 0 Å². The number of nitrogens with zero attached hydrogens (tertiary/aromatic N) is 2. The zero-order chi connectivity index (χ0) is 15.7. The van der Waals surface area contributed by atoms with Gasteiger partial charge in [0, 0.05) is 6.61 Å². The maximum atomic E-state index is 11.3. The van der Waals surface area contributed by atoms with Crippen molar-refractivity contribution in [2.24, 2.45) is 0 Å². The number of aromatic nitrogens is 2. The van der Waals surface area contributed by atoms with Crippen molar-refractivity contribution in [3.8, 4) is 5.75 Å². The molecular weight excluding hydrogens is 308 g/mol. The topological polar surface area (TPSA) is 73.6 Å². The summed E-state index contributed by atoms with van der Waals surface area (Å²) in [5.41, 5.74) is 1.50. The summed E-state index contributed by atoms with van der Waals surface area (Å²) in [4.78, 5) is 15.8. The van der Waals surface area contributed by atoms with Gasteiger partial charge >= 0.3 is 5.97 Å². The highest BCUT2D eigenvalue weighted by molar-refractivity contribution is 6.17. The van der Waals surface area contributed by atoms with Crippen LogP contribution >= 0.6 is 11.6 Å². The summed E-state index contributed by atoms with van der Waals surface area (Å²) in [7, 11) is 1.50. The van der Waals surface area contributed by atoms with Crippen LogP contribution in [-0.4, -0.2) is 40.4 Å². The van der Waals surface area contributed by atoms with E-state index in [1.165, 1.54) is 13.2 Å². The summed E-state index contributed by atoms with van der Waals surface area (Å²) in [5.74, 6) is 0.366. The van der Waals surface area contributed by atoms with Crippen molar-refractivity contribution < 1.29 is 19.4 Å². The van der Waals surface area contributed by atoms with Crippen LogP contribution in [0.15, 0.2) is 12.1 Å². The predicted octanol–water partition coefficient (Wildman–Crippen LogP) is 2.66. The van der Waals surface area contributed by atoms with Crippen molar-refractivity contribution in [2.75, 3.05) is 13.7 Å². The number of hydrogen-bond acceptors (Lipinski definition) is 4. The average molecular weight is 325 g/mol. The molecule has 0 unspecified atom stereocenters. The second kappa shape index (κ2) is 6.14. The van der Waals surface area contributed by atoms with E-state index in [0.29, 0.717) is 29.2 Å². The normalized spacial score (nSPS) is 18.0. The second-order valence-electron chi connectivity index (χ2n) is 5.26. The molecule has 22 heavy (non-hydrogen) atoms. The molecule has 1 aromatic carbocycles. The molecule has 1 fully saturated rings. The number of carboxylic acid groups (broad SMARTS) is 1. The van der Waals surface area contributed by atoms with E-state index in [1.807, 2.05) is 4.57 Å². The molecule has 1 atom stereocenters. The number of alkyl halides is 1. The van der Waals surface area contributed by atoms with Gasteiger partial charge < -0.3 is 19.1 Å². The molecule has 0 bridgehead atoms. The molecule has 1 saturated heterocycles. The van der Waals surface area contributed by atoms with Crippen molar-refractivity contribution in [1.82, 2.24) is 9.55 Å². The fourth-order valence-corrected chi connectivity index (χ4v) is 3.02. The Kier molecular flexibility index (Phi) is 4.22. The molecule has 2 aromatic rings. The molecule has 3 rings (SSSR count). The fourth-order valence-electron chi connectivity index (χ4n) is 2.82. The number of halogens is 1. The number of imidazole rings is 1.